The molecule has 0 radical (unpaired) electrons. The van der Waals surface area contributed by atoms with Crippen LogP contribution >= 0.6 is 0 Å². The normalized spacial score (nSPS) is 15.8. The van der Waals surface area contributed by atoms with Gasteiger partial charge in [-0.3, -0.25) is 9.59 Å². The van der Waals surface area contributed by atoms with Crippen LogP contribution in [0.5, 0.6) is 11.5 Å². The molecule has 1 N–H and O–H groups in total. The summed E-state index contributed by atoms with van der Waals surface area (Å²) in [4.78, 5) is 24.4. The molecule has 1 aromatic rings. The van der Waals surface area contributed by atoms with E-state index in [1.807, 2.05) is 0 Å². The number of anilines is 1. The number of nitrogens with one attached hydrogen (secondary N) is 1. The maximum atomic E-state index is 12.3. The third-order valence-electron chi connectivity index (χ3n) is 4.82. The second-order valence-corrected chi connectivity index (χ2v) is 6.73. The van der Waals surface area contributed by atoms with Crippen LogP contribution in [-0.4, -0.2) is 32.2 Å². The van der Waals surface area contributed by atoms with Gasteiger partial charge in [0, 0.05) is 12.5 Å². The molecule has 1 aromatic carbocycles. The summed E-state index contributed by atoms with van der Waals surface area (Å²) in [6.07, 6.45) is 6.53. The van der Waals surface area contributed by atoms with Gasteiger partial charge in [0.2, 0.25) is 0 Å². The van der Waals surface area contributed by atoms with E-state index >= 15 is 0 Å². The van der Waals surface area contributed by atoms with Crippen molar-refractivity contribution in [3.8, 4) is 11.5 Å². The molecule has 6 heteroatoms. The average molecular weight is 363 g/mol. The van der Waals surface area contributed by atoms with Gasteiger partial charge in [-0.2, -0.15) is 0 Å². The molecule has 0 aromatic heterocycles. The Bertz CT molecular complexity index is 610. The van der Waals surface area contributed by atoms with E-state index in [9.17, 15) is 9.59 Å². The highest BCUT2D eigenvalue weighted by molar-refractivity contribution is 5.96. The smallest absolute Gasteiger partial charge is 0.306 e. The lowest BCUT2D eigenvalue weighted by Gasteiger charge is -2.21. The standard InChI is InChI=1S/C20H29NO5/c1-14(26-19(22)12-9-15-7-5-4-6-8-15)20(23)21-17-13-16(24-2)10-11-18(17)25-3/h10-11,13-15H,4-9,12H2,1-3H3,(H,21,23). The van der Waals surface area contributed by atoms with Gasteiger partial charge < -0.3 is 19.5 Å². The van der Waals surface area contributed by atoms with Crippen molar-refractivity contribution >= 4 is 17.6 Å². The first-order chi connectivity index (χ1) is 12.5. The minimum absolute atomic E-state index is 0.323. The van der Waals surface area contributed by atoms with E-state index < -0.39 is 12.0 Å². The monoisotopic (exact) mass is 363 g/mol. The predicted octanol–water partition coefficient (Wildman–Crippen LogP) is 3.93. The van der Waals surface area contributed by atoms with Crippen molar-refractivity contribution in [2.75, 3.05) is 19.5 Å². The minimum atomic E-state index is -0.871. The van der Waals surface area contributed by atoms with E-state index in [2.05, 4.69) is 5.32 Å². The van der Waals surface area contributed by atoms with Crippen molar-refractivity contribution < 1.29 is 23.8 Å². The lowest BCUT2D eigenvalue weighted by molar-refractivity contribution is -0.153. The van der Waals surface area contributed by atoms with Gasteiger partial charge in [0.05, 0.1) is 19.9 Å². The molecule has 0 spiro atoms. The van der Waals surface area contributed by atoms with Crippen LogP contribution < -0.4 is 14.8 Å². The molecule has 2 rings (SSSR count). The summed E-state index contributed by atoms with van der Waals surface area (Å²) >= 11 is 0. The fourth-order valence-electron chi connectivity index (χ4n) is 3.25. The summed E-state index contributed by atoms with van der Waals surface area (Å²) in [6, 6.07) is 5.10. The molecule has 1 atom stereocenters. The van der Waals surface area contributed by atoms with Gasteiger partial charge >= 0.3 is 5.97 Å². The highest BCUT2D eigenvalue weighted by Gasteiger charge is 2.21. The van der Waals surface area contributed by atoms with Crippen LogP contribution in [0.1, 0.15) is 51.9 Å². The summed E-state index contributed by atoms with van der Waals surface area (Å²) in [5.41, 5.74) is 0.474. The molecule has 0 bridgehead atoms. The Morgan fingerprint density at radius 1 is 1.15 bits per heavy atom. The molecule has 26 heavy (non-hydrogen) atoms. The Morgan fingerprint density at radius 3 is 2.54 bits per heavy atom. The molecule has 1 saturated carbocycles. The fourth-order valence-corrected chi connectivity index (χ4v) is 3.25. The van der Waals surface area contributed by atoms with Crippen molar-refractivity contribution in [2.45, 2.75) is 58.0 Å². The summed E-state index contributed by atoms with van der Waals surface area (Å²) in [7, 11) is 3.07. The Morgan fingerprint density at radius 2 is 1.88 bits per heavy atom. The van der Waals surface area contributed by atoms with E-state index in [1.165, 1.54) is 39.2 Å². The Labute approximate surface area is 155 Å². The quantitative estimate of drug-likeness (QED) is 0.708. The summed E-state index contributed by atoms with van der Waals surface area (Å²) < 4.78 is 15.7. The maximum Gasteiger partial charge on any atom is 0.306 e. The number of methoxy groups -OCH3 is 2. The van der Waals surface area contributed by atoms with Gasteiger partial charge in [-0.05, 0) is 31.4 Å². The summed E-state index contributed by atoms with van der Waals surface area (Å²) in [5.74, 6) is 0.994. The van der Waals surface area contributed by atoms with Crippen molar-refractivity contribution in [1.29, 1.82) is 0 Å². The van der Waals surface area contributed by atoms with Crippen LogP contribution in [0.3, 0.4) is 0 Å². The topological polar surface area (TPSA) is 73.9 Å². The molecule has 144 valence electrons. The van der Waals surface area contributed by atoms with Gasteiger partial charge in [-0.15, -0.1) is 0 Å². The lowest BCUT2D eigenvalue weighted by atomic mass is 9.86. The molecular weight excluding hydrogens is 334 g/mol. The first kappa shape index (κ1) is 20.1. The minimum Gasteiger partial charge on any atom is -0.497 e. The molecule has 1 fully saturated rings. The number of ether oxygens (including phenoxy) is 3. The van der Waals surface area contributed by atoms with Crippen LogP contribution in [0, 0.1) is 5.92 Å². The van der Waals surface area contributed by atoms with Gasteiger partial charge in [0.1, 0.15) is 11.5 Å². The fraction of sp³-hybridized carbons (Fsp3) is 0.600. The molecular formula is C20H29NO5. The Hall–Kier alpha value is -2.24. The van der Waals surface area contributed by atoms with Crippen LogP contribution in [-0.2, 0) is 14.3 Å². The van der Waals surface area contributed by atoms with Crippen LogP contribution in [0.25, 0.3) is 0 Å². The Kier molecular flexibility index (Phi) is 7.75. The molecule has 1 amide bonds. The third kappa shape index (κ3) is 5.93. The van der Waals surface area contributed by atoms with E-state index in [4.69, 9.17) is 14.2 Å². The van der Waals surface area contributed by atoms with Gasteiger partial charge in [-0.25, -0.2) is 0 Å². The third-order valence-corrected chi connectivity index (χ3v) is 4.82. The predicted molar refractivity (Wildman–Crippen MR) is 99.5 cm³/mol. The van der Waals surface area contributed by atoms with Crippen molar-refractivity contribution in [2.24, 2.45) is 5.92 Å². The van der Waals surface area contributed by atoms with E-state index in [0.717, 1.165) is 6.42 Å². The molecule has 1 unspecified atom stereocenters. The first-order valence-electron chi connectivity index (χ1n) is 9.26. The van der Waals surface area contributed by atoms with Crippen LogP contribution in [0.15, 0.2) is 18.2 Å². The highest BCUT2D eigenvalue weighted by atomic mass is 16.5. The zero-order chi connectivity index (χ0) is 18.9. The SMILES string of the molecule is COc1ccc(OC)c(NC(=O)C(C)OC(=O)CCC2CCCCC2)c1. The van der Waals surface area contributed by atoms with E-state index in [-0.39, 0.29) is 5.97 Å². The van der Waals surface area contributed by atoms with Gasteiger partial charge in [0.25, 0.3) is 5.91 Å². The number of carbonyl (C=O) groups excluding carboxylic acids is 2. The zero-order valence-corrected chi connectivity index (χ0v) is 15.9. The number of benzene rings is 1. The second-order valence-electron chi connectivity index (χ2n) is 6.73. The van der Waals surface area contributed by atoms with E-state index in [0.29, 0.717) is 29.5 Å². The number of hydrogen-bond donors (Lipinski definition) is 1. The lowest BCUT2D eigenvalue weighted by Crippen LogP contribution is -2.30. The average Bonchev–Trinajstić information content (AvgIpc) is 2.67. The number of rotatable bonds is 8. The summed E-state index contributed by atoms with van der Waals surface area (Å²) in [6.45, 7) is 1.57. The number of amides is 1. The first-order valence-corrected chi connectivity index (χ1v) is 9.26. The number of hydrogen-bond acceptors (Lipinski definition) is 5. The highest BCUT2D eigenvalue weighted by Crippen LogP contribution is 2.29. The van der Waals surface area contributed by atoms with Crippen molar-refractivity contribution in [3.63, 3.8) is 0 Å². The van der Waals surface area contributed by atoms with Gasteiger partial charge in [0.15, 0.2) is 6.10 Å². The molecule has 6 nitrogen and oxygen atoms in total. The number of carbonyl (C=O) groups is 2. The zero-order valence-electron chi connectivity index (χ0n) is 15.9. The molecule has 0 aliphatic heterocycles. The largest absolute Gasteiger partial charge is 0.497 e. The van der Waals surface area contributed by atoms with Crippen LogP contribution in [0.2, 0.25) is 0 Å². The van der Waals surface area contributed by atoms with E-state index in [1.54, 1.807) is 32.2 Å². The van der Waals surface area contributed by atoms with Crippen LogP contribution in [0.4, 0.5) is 5.69 Å². The molecule has 1 aliphatic rings. The summed E-state index contributed by atoms with van der Waals surface area (Å²) in [5, 5.41) is 2.73. The van der Waals surface area contributed by atoms with Crippen molar-refractivity contribution in [1.82, 2.24) is 0 Å². The maximum absolute atomic E-state index is 12.3. The Balaban J connectivity index is 1.83. The molecule has 0 saturated heterocycles. The van der Waals surface area contributed by atoms with Gasteiger partial charge in [-0.1, -0.05) is 32.1 Å². The van der Waals surface area contributed by atoms with Crippen molar-refractivity contribution in [3.05, 3.63) is 18.2 Å². The molecule has 1 aliphatic carbocycles. The molecule has 0 heterocycles. The second kappa shape index (κ2) is 10.0. The number of esters is 1.